The number of halogens is 1. The van der Waals surface area contributed by atoms with Gasteiger partial charge in [0.15, 0.2) is 17.3 Å². The number of H-pyrrole nitrogens is 3. The maximum absolute atomic E-state index is 13.2. The number of carbonyl (C=O) groups is 3. The van der Waals surface area contributed by atoms with Crippen molar-refractivity contribution in [3.63, 3.8) is 0 Å². The molecule has 0 radical (unpaired) electrons. The van der Waals surface area contributed by atoms with Crippen LogP contribution in [0.15, 0.2) is 178 Å². The van der Waals surface area contributed by atoms with Crippen molar-refractivity contribution in [2.75, 3.05) is 0 Å². The summed E-state index contributed by atoms with van der Waals surface area (Å²) in [5, 5.41) is 6.85. The zero-order valence-electron chi connectivity index (χ0n) is 72.1. The molecule has 0 bridgehead atoms. The fourth-order valence-corrected chi connectivity index (χ4v) is 14.1. The van der Waals surface area contributed by atoms with E-state index in [1.807, 2.05) is 65.9 Å². The second-order valence-corrected chi connectivity index (χ2v) is 38.9. The topological polar surface area (TPSA) is 199 Å². The van der Waals surface area contributed by atoms with Crippen molar-refractivity contribution in [3.05, 3.63) is 296 Å². The van der Waals surface area contributed by atoms with Crippen LogP contribution in [0.3, 0.4) is 0 Å². The number of ketones is 3. The largest absolute Gasteiger partial charge is 0.381 e. The average molecular weight is 1530 g/mol. The molecule has 13 nitrogen and oxygen atoms in total. The van der Waals surface area contributed by atoms with E-state index in [1.165, 1.54) is 87.2 Å². The van der Waals surface area contributed by atoms with Gasteiger partial charge in [-0.25, -0.2) is 14.2 Å². The van der Waals surface area contributed by atoms with Crippen LogP contribution in [0.5, 0.6) is 0 Å². The van der Waals surface area contributed by atoms with Gasteiger partial charge in [0.05, 0.1) is 34.2 Å². The lowest BCUT2D eigenvalue weighted by molar-refractivity contribution is 0.0981. The van der Waals surface area contributed by atoms with Crippen LogP contribution in [0.25, 0.3) is 28.4 Å². The van der Waals surface area contributed by atoms with Crippen LogP contribution in [0.4, 0.5) is 10.1 Å². The first-order valence-corrected chi connectivity index (χ1v) is 39.6. The lowest BCUT2D eigenvalue weighted by Gasteiger charge is -2.25. The van der Waals surface area contributed by atoms with Crippen LogP contribution in [0.1, 0.15) is 313 Å². The van der Waals surface area contributed by atoms with Gasteiger partial charge in [-0.3, -0.25) is 33.9 Å². The molecule has 0 unspecified atom stereocenters. The number of para-hydroxylation sites is 2. The Labute approximate surface area is 671 Å². The number of rotatable bonds is 1. The number of aliphatic imine (C=N–C) groups is 1. The molecule has 9 aromatic rings. The van der Waals surface area contributed by atoms with Crippen molar-refractivity contribution < 1.29 is 18.8 Å². The zero-order valence-corrected chi connectivity index (χ0v) is 72.1. The highest BCUT2D eigenvalue weighted by atomic mass is 19.1. The summed E-state index contributed by atoms with van der Waals surface area (Å²) in [7, 11) is 0. The van der Waals surface area contributed by atoms with E-state index in [1.54, 1.807) is 36.8 Å². The van der Waals surface area contributed by atoms with E-state index in [2.05, 4.69) is 264 Å². The first-order valence-electron chi connectivity index (χ1n) is 39.6. The number of pyridine rings is 2. The van der Waals surface area contributed by atoms with Crippen molar-refractivity contribution in [3.8, 4) is 0 Å². The van der Waals surface area contributed by atoms with Crippen LogP contribution < -0.4 is 27.4 Å². The number of nitrogens with one attached hydrogen (secondary N) is 5. The summed E-state index contributed by atoms with van der Waals surface area (Å²) in [4.78, 5) is 84.8. The number of Topliss-reactive ketones (excluding diaryl/α,β-unsaturated/α-hetero) is 3. The van der Waals surface area contributed by atoms with Gasteiger partial charge in [-0.1, -0.05) is 270 Å². The Kier molecular flexibility index (Phi) is 26.8. The Bertz CT molecular complexity index is 5280. The summed E-state index contributed by atoms with van der Waals surface area (Å²) in [6, 6.07) is 41.6. The number of fused-ring (bicyclic) bond motifs is 7. The van der Waals surface area contributed by atoms with E-state index in [4.69, 9.17) is 0 Å². The number of carbonyl (C=O) groups excluding carboxylic acids is 3. The minimum absolute atomic E-state index is 0.0302. The van der Waals surface area contributed by atoms with E-state index in [0.717, 1.165) is 76.3 Å². The van der Waals surface area contributed by atoms with E-state index < -0.39 is 11.5 Å². The van der Waals surface area contributed by atoms with Gasteiger partial charge < -0.3 is 20.6 Å². The molecule has 5 heterocycles. The summed E-state index contributed by atoms with van der Waals surface area (Å²) < 4.78 is 13.2. The van der Waals surface area contributed by atoms with Crippen molar-refractivity contribution in [1.82, 2.24) is 30.6 Å². The lowest BCUT2D eigenvalue weighted by Crippen LogP contribution is -2.24. The van der Waals surface area contributed by atoms with Crippen LogP contribution in [0.2, 0.25) is 0 Å². The molecule has 1 spiro atoms. The average Bonchev–Trinajstić information content (AvgIpc) is 1.56. The van der Waals surface area contributed by atoms with Gasteiger partial charge in [0.2, 0.25) is 5.56 Å². The Morgan fingerprint density at radius 1 is 0.513 bits per heavy atom. The fourth-order valence-electron chi connectivity index (χ4n) is 14.1. The second kappa shape index (κ2) is 34.2. The molecule has 15 rings (SSSR count). The third-order valence-corrected chi connectivity index (χ3v) is 21.3. The predicted octanol–water partition coefficient (Wildman–Crippen LogP) is 22.5. The zero-order chi connectivity index (χ0) is 84.1. The molecule has 1 saturated carbocycles. The van der Waals surface area contributed by atoms with E-state index in [9.17, 15) is 33.2 Å². The lowest BCUT2D eigenvalue weighted by atomic mass is 9.82. The molecule has 4 aliphatic carbocycles. The summed E-state index contributed by atoms with van der Waals surface area (Å²) >= 11 is 0. The quantitative estimate of drug-likeness (QED) is 0.0992. The molecule has 5 N–H and O–H groups in total. The summed E-state index contributed by atoms with van der Waals surface area (Å²) in [5.74, 6) is 0.00352. The smallest absolute Gasteiger partial charge is 0.326 e. The molecule has 14 heteroatoms. The molecule has 598 valence electrons. The van der Waals surface area contributed by atoms with Crippen molar-refractivity contribution >= 4 is 57.7 Å². The minimum Gasteiger partial charge on any atom is -0.381 e. The molecular formula is C99H124FN7O6. The molecule has 1 fully saturated rings. The number of aromatic nitrogens is 4. The summed E-state index contributed by atoms with van der Waals surface area (Å²) in [6.45, 7) is 61.9. The van der Waals surface area contributed by atoms with Crippen LogP contribution in [0, 0.1) is 5.82 Å². The first kappa shape index (κ1) is 88.4. The monoisotopic (exact) mass is 1530 g/mol. The Hall–Kier alpha value is -10.2. The molecule has 0 amide bonds. The predicted molar refractivity (Wildman–Crippen MR) is 470 cm³/mol. The molecule has 113 heavy (non-hydrogen) atoms. The van der Waals surface area contributed by atoms with Gasteiger partial charge in [0.25, 0.3) is 5.56 Å². The number of nitrogens with zero attached hydrogens (tertiary/aromatic N) is 2. The number of aryl methyl sites for hydroxylation is 1. The molecule has 0 atom stereocenters. The molecule has 6 aromatic carbocycles. The minimum atomic E-state index is -0.464. The third kappa shape index (κ3) is 22.6. The highest BCUT2D eigenvalue weighted by Crippen LogP contribution is 2.57. The first-order chi connectivity index (χ1) is 52.2. The van der Waals surface area contributed by atoms with Crippen molar-refractivity contribution in [2.24, 2.45) is 4.99 Å². The van der Waals surface area contributed by atoms with E-state index >= 15 is 0 Å². The number of hydrogen-bond acceptors (Lipinski definition) is 10. The van der Waals surface area contributed by atoms with Crippen LogP contribution in [-0.2, 0) is 68.1 Å². The molecule has 0 saturated heterocycles. The Morgan fingerprint density at radius 2 is 1.05 bits per heavy atom. The van der Waals surface area contributed by atoms with Crippen LogP contribution in [-0.4, -0.2) is 43.6 Å². The molecule has 2 aliphatic heterocycles. The summed E-state index contributed by atoms with van der Waals surface area (Å²) in [5.41, 5.74) is 24.4. The van der Waals surface area contributed by atoms with Gasteiger partial charge in [-0.05, 0) is 179 Å². The van der Waals surface area contributed by atoms with Gasteiger partial charge in [-0.2, -0.15) is 0 Å². The Balaban J connectivity index is 0.000000162. The van der Waals surface area contributed by atoms with Crippen LogP contribution >= 0.6 is 0 Å². The maximum Gasteiger partial charge on any atom is 0.326 e. The number of hydrogen-bond donors (Lipinski definition) is 5. The van der Waals surface area contributed by atoms with Crippen molar-refractivity contribution in [1.29, 1.82) is 0 Å². The van der Waals surface area contributed by atoms with Gasteiger partial charge in [0.1, 0.15) is 5.82 Å². The summed E-state index contributed by atoms with van der Waals surface area (Å²) in [6.07, 6.45) is 15.5. The number of aromatic amines is 3. The number of benzene rings is 6. The highest BCUT2D eigenvalue weighted by molar-refractivity contribution is 6.03. The van der Waals surface area contributed by atoms with Crippen molar-refractivity contribution in [2.45, 2.75) is 267 Å². The standard InChI is InChI=1S/C15H18O.C13H16N2.C13H17N.C13H16O.C12H15FO.C12H14N2O2.C12H15N.C9H13NO/c1-14(2,3)10-4-5-12-11(8-10)13(16)9-15(12)6-7-15;1-9-10-6-5-7-11(13(2,3)4)12(10)15-8-14-9;1-9-10-6-5-7-12(13(2,3)4)11(10)8-14-9;1-13(2,3)10-6-4-9-5-7-12(14)11(9)8-10;1-8(14)10-7-9(12(2,3)4)5-6-11(10)13;1-12(2,3)8-6-4-5-7-9(8)13-11(16)14-10(7)15;1-12(2,3)10-7-9-5-4-6-11(9)13-8-10;1-9(2,3)7-4-5-10-8(11)6-7/h4-5,8H,6-7,9H2,1-3H3;5-8H,1H2,2-4H3,(H,14,15);5-7,14H,1,8H2,2-4H3;4,6,8H,5,7H2,1-3H3;5-7H,1-4H3;4-6H,1-3H3,(H2,13,14,15,16);4-5,7-8H,6H2,1-3H3;4-6H,1-3H3,(H,10,11). The SMILES string of the molecule is C=C1NC=Nc2c1cccc2C(C)(C)C.C=C1NCc2c1cccc2C(C)(C)C.CC(=O)c1cc(C(C)(C)C)ccc1F.CC(C)(C)c1cc[nH]c(=O)c1.CC(C)(C)c1ccc2c(c1)C(=O)CC2.CC(C)(C)c1ccc2c(c1)C(=O)CC21CC1.CC(C)(C)c1cccc2c(=O)[nH]c(=O)[nH]c12.CC(C)(C)c1cnc2c(c1)C=CC2. The molecule has 3 aromatic heterocycles. The fraction of sp³-hybridized carbons (Fsp3) is 0.414. The van der Waals surface area contributed by atoms with E-state index in [-0.39, 0.29) is 71.2 Å². The molecule has 6 aliphatic rings. The van der Waals surface area contributed by atoms with Gasteiger partial charge >= 0.3 is 5.69 Å². The Morgan fingerprint density at radius 3 is 1.62 bits per heavy atom. The number of allylic oxidation sites excluding steroid dienone is 1. The maximum atomic E-state index is 13.2. The second-order valence-electron chi connectivity index (χ2n) is 38.9. The normalized spacial score (nSPS) is 14.7. The highest BCUT2D eigenvalue weighted by Gasteiger charge is 2.52. The van der Waals surface area contributed by atoms with Gasteiger partial charge in [0, 0.05) is 83.3 Å². The molecular weight excluding hydrogens is 1400 g/mol. The third-order valence-electron chi connectivity index (χ3n) is 21.3. The van der Waals surface area contributed by atoms with Gasteiger partial charge in [-0.15, -0.1) is 0 Å². The van der Waals surface area contributed by atoms with E-state index in [0.29, 0.717) is 28.9 Å².